The lowest BCUT2D eigenvalue weighted by molar-refractivity contribution is 0.0980. The fraction of sp³-hybridized carbons (Fsp3) is 0.133. The van der Waals surface area contributed by atoms with Gasteiger partial charge in [0.05, 0.1) is 17.2 Å². The first-order valence-corrected chi connectivity index (χ1v) is 8.25. The Bertz CT molecular complexity index is 1040. The second-order valence-corrected chi connectivity index (χ2v) is 6.86. The molecule has 0 bridgehead atoms. The van der Waals surface area contributed by atoms with Crippen LogP contribution in [0.2, 0.25) is 0 Å². The zero-order chi connectivity index (χ0) is 16.4. The number of hydrogen-bond acceptors (Lipinski definition) is 8. The maximum atomic E-state index is 11.2. The van der Waals surface area contributed by atoms with E-state index >= 15 is 0 Å². The molecular weight excluding hydrogens is 334 g/mol. The van der Waals surface area contributed by atoms with Gasteiger partial charge in [-0.1, -0.05) is 28.7 Å². The Morgan fingerprint density at radius 3 is 2.39 bits per heavy atom. The molecule has 0 amide bonds. The second-order valence-electron chi connectivity index (χ2n) is 4.67. The van der Waals surface area contributed by atoms with Crippen molar-refractivity contribution in [1.82, 2.24) is 15.0 Å². The molecule has 1 aromatic carbocycles. The van der Waals surface area contributed by atoms with Gasteiger partial charge in [-0.2, -0.15) is 0 Å². The highest BCUT2D eigenvalue weighted by atomic mass is 32.2. The minimum Gasteiger partial charge on any atom is -0.442 e. The van der Waals surface area contributed by atoms with Crippen LogP contribution in [0.5, 0.6) is 0 Å². The number of rotatable bonds is 1. The van der Waals surface area contributed by atoms with E-state index in [9.17, 15) is 9.59 Å². The van der Waals surface area contributed by atoms with Crippen molar-refractivity contribution in [1.29, 1.82) is 0 Å². The summed E-state index contributed by atoms with van der Waals surface area (Å²) in [6.45, 7) is 3.42. The van der Waals surface area contributed by atoms with Gasteiger partial charge < -0.3 is 4.42 Å². The lowest BCUT2D eigenvalue weighted by Crippen LogP contribution is -1.89. The highest BCUT2D eigenvalue weighted by Gasteiger charge is 2.05. The summed E-state index contributed by atoms with van der Waals surface area (Å²) >= 11 is 2.32. The molecule has 0 fully saturated rings. The number of fused-ring (bicyclic) bond motifs is 2. The van der Waals surface area contributed by atoms with Gasteiger partial charge in [0, 0.05) is 6.92 Å². The first-order valence-electron chi connectivity index (χ1n) is 6.61. The fourth-order valence-electron chi connectivity index (χ4n) is 1.84. The monoisotopic (exact) mass is 345 g/mol. The van der Waals surface area contributed by atoms with Gasteiger partial charge in [-0.15, -0.1) is 0 Å². The Kier molecular flexibility index (Phi) is 4.26. The van der Waals surface area contributed by atoms with E-state index in [1.807, 2.05) is 25.1 Å². The van der Waals surface area contributed by atoms with Gasteiger partial charge in [-0.05, 0) is 24.6 Å². The number of aromatic nitrogens is 3. The summed E-state index contributed by atoms with van der Waals surface area (Å²) in [5.74, 6) is 0.0278. The molecule has 0 aliphatic heterocycles. The quantitative estimate of drug-likeness (QED) is 0.491. The molecule has 6 nitrogen and oxygen atoms in total. The van der Waals surface area contributed by atoms with Crippen LogP contribution in [0.25, 0.3) is 20.7 Å². The SMILES string of the molecule is CC(=O)c1ncco1.Cc1ccc2nc3sc(=O)sc3nc2c1. The number of benzene rings is 1. The van der Waals surface area contributed by atoms with E-state index in [0.717, 1.165) is 48.9 Å². The van der Waals surface area contributed by atoms with E-state index in [4.69, 9.17) is 0 Å². The van der Waals surface area contributed by atoms with Crippen molar-refractivity contribution in [2.45, 2.75) is 13.8 Å². The summed E-state index contributed by atoms with van der Waals surface area (Å²) in [5.41, 5.74) is 2.86. The Hall–Kier alpha value is -2.45. The minimum atomic E-state index is -0.144. The van der Waals surface area contributed by atoms with E-state index in [0.29, 0.717) is 0 Å². The van der Waals surface area contributed by atoms with E-state index in [2.05, 4.69) is 19.4 Å². The van der Waals surface area contributed by atoms with Gasteiger partial charge in [-0.25, -0.2) is 15.0 Å². The first-order chi connectivity index (χ1) is 11.0. The van der Waals surface area contributed by atoms with Crippen molar-refractivity contribution < 1.29 is 9.21 Å². The van der Waals surface area contributed by atoms with Crippen LogP contribution in [-0.4, -0.2) is 20.7 Å². The normalized spacial score (nSPS) is 10.5. The molecule has 0 radical (unpaired) electrons. The molecule has 3 aromatic heterocycles. The molecule has 0 atom stereocenters. The molecule has 0 aliphatic carbocycles. The molecule has 0 saturated carbocycles. The summed E-state index contributed by atoms with van der Waals surface area (Å²) in [6.07, 6.45) is 2.81. The van der Waals surface area contributed by atoms with Crippen LogP contribution in [0.1, 0.15) is 23.2 Å². The molecule has 4 rings (SSSR count). The third-order valence-electron chi connectivity index (χ3n) is 2.85. The second kappa shape index (κ2) is 6.35. The van der Waals surface area contributed by atoms with Crippen molar-refractivity contribution in [2.24, 2.45) is 0 Å². The van der Waals surface area contributed by atoms with E-state index in [1.165, 1.54) is 19.4 Å². The van der Waals surface area contributed by atoms with Crippen molar-refractivity contribution >= 4 is 49.2 Å². The zero-order valence-electron chi connectivity index (χ0n) is 12.3. The molecule has 23 heavy (non-hydrogen) atoms. The molecule has 3 heterocycles. The Labute approximate surface area is 138 Å². The zero-order valence-corrected chi connectivity index (χ0v) is 13.9. The smallest absolute Gasteiger partial charge is 0.291 e. The number of carbonyl (C=O) groups is 1. The summed E-state index contributed by atoms with van der Waals surface area (Å²) in [4.78, 5) is 35.4. The van der Waals surface area contributed by atoms with Gasteiger partial charge in [-0.3, -0.25) is 9.59 Å². The summed E-state index contributed by atoms with van der Waals surface area (Å²) < 4.78 is 4.69. The number of ketones is 1. The third kappa shape index (κ3) is 3.49. The van der Waals surface area contributed by atoms with Gasteiger partial charge in [0.15, 0.2) is 9.66 Å². The topological polar surface area (TPSA) is 86.0 Å². The third-order valence-corrected chi connectivity index (χ3v) is 4.77. The number of nitrogens with zero attached hydrogens (tertiary/aromatic N) is 3. The van der Waals surface area contributed by atoms with Crippen LogP contribution < -0.4 is 4.06 Å². The molecule has 0 unspecified atom stereocenters. The maximum Gasteiger partial charge on any atom is 0.291 e. The Morgan fingerprint density at radius 1 is 1.13 bits per heavy atom. The Morgan fingerprint density at radius 2 is 1.83 bits per heavy atom. The maximum absolute atomic E-state index is 11.2. The van der Waals surface area contributed by atoms with Crippen molar-refractivity contribution in [2.75, 3.05) is 0 Å². The van der Waals surface area contributed by atoms with Crippen LogP contribution >= 0.6 is 22.7 Å². The van der Waals surface area contributed by atoms with Crippen LogP contribution in [0.3, 0.4) is 0 Å². The van der Waals surface area contributed by atoms with Crippen LogP contribution in [0, 0.1) is 6.92 Å². The number of carbonyl (C=O) groups excluding carboxylic acids is 1. The molecule has 0 saturated heterocycles. The number of oxazole rings is 1. The Balaban J connectivity index is 0.000000166. The van der Waals surface area contributed by atoms with Crippen molar-refractivity contribution in [3.8, 4) is 0 Å². The molecule has 0 aliphatic rings. The average molecular weight is 345 g/mol. The number of hydrogen-bond donors (Lipinski definition) is 0. The van der Waals surface area contributed by atoms with Crippen molar-refractivity contribution in [3.63, 3.8) is 0 Å². The molecular formula is C15H11N3O3S2. The van der Waals surface area contributed by atoms with E-state index < -0.39 is 0 Å². The van der Waals surface area contributed by atoms with Gasteiger partial charge in [0.1, 0.15) is 6.26 Å². The summed E-state index contributed by atoms with van der Waals surface area (Å²) in [5, 5.41) is 0. The molecule has 0 spiro atoms. The van der Waals surface area contributed by atoms with Gasteiger partial charge in [0.25, 0.3) is 9.95 Å². The minimum absolute atomic E-state index is 0.0528. The van der Waals surface area contributed by atoms with Crippen LogP contribution in [0.4, 0.5) is 0 Å². The van der Waals surface area contributed by atoms with Crippen LogP contribution in [0.15, 0.2) is 39.9 Å². The largest absolute Gasteiger partial charge is 0.442 e. The van der Waals surface area contributed by atoms with Gasteiger partial charge >= 0.3 is 0 Å². The standard InChI is InChI=1S/C10H6N2OS2.C5H5NO2/c1-5-2-3-6-7(4-5)12-9-8(11-6)14-10(13)15-9;1-4(7)5-6-2-3-8-5/h2-4H,1H3;2-3H,1H3. The first kappa shape index (κ1) is 15.4. The molecule has 4 aromatic rings. The number of Topliss-reactive ketones (excluding diaryl/α,β-unsaturated/α-hetero) is 1. The molecule has 0 N–H and O–H groups in total. The molecule has 116 valence electrons. The van der Waals surface area contributed by atoms with Crippen LogP contribution in [-0.2, 0) is 0 Å². The number of aryl methyl sites for hydroxylation is 1. The fourth-order valence-corrected chi connectivity index (χ4v) is 3.60. The lowest BCUT2D eigenvalue weighted by atomic mass is 10.2. The summed E-state index contributed by atoms with van der Waals surface area (Å²) in [6, 6.07) is 5.92. The summed E-state index contributed by atoms with van der Waals surface area (Å²) in [7, 11) is 0. The van der Waals surface area contributed by atoms with Gasteiger partial charge in [0.2, 0.25) is 5.78 Å². The lowest BCUT2D eigenvalue weighted by Gasteiger charge is -1.97. The van der Waals surface area contributed by atoms with Crippen molar-refractivity contribution in [3.05, 3.63) is 51.0 Å². The highest BCUT2D eigenvalue weighted by Crippen LogP contribution is 2.21. The predicted molar refractivity (Wildman–Crippen MR) is 90.3 cm³/mol. The average Bonchev–Trinajstić information content (AvgIpc) is 3.13. The van der Waals surface area contributed by atoms with E-state index in [-0.39, 0.29) is 15.7 Å². The highest BCUT2D eigenvalue weighted by molar-refractivity contribution is 7.35. The van der Waals surface area contributed by atoms with E-state index in [1.54, 1.807) is 0 Å². The predicted octanol–water partition coefficient (Wildman–Crippen LogP) is 3.45. The molecule has 8 heteroatoms.